The molecule has 0 bridgehead atoms. The standard InChI is InChI=1S/C6H8O6/c1-4(12-6(9)10)2-3-11-5(7)8/h1-3H2,(H,7,8)(H,9,10). The maximum Gasteiger partial charge on any atom is 0.510 e. The van der Waals surface area contributed by atoms with Crippen LogP contribution in [-0.2, 0) is 9.47 Å². The Hall–Kier alpha value is -1.72. The van der Waals surface area contributed by atoms with Gasteiger partial charge in [0.2, 0.25) is 0 Å². The van der Waals surface area contributed by atoms with Crippen LogP contribution in [0.5, 0.6) is 0 Å². The van der Waals surface area contributed by atoms with E-state index < -0.39 is 12.3 Å². The zero-order chi connectivity index (χ0) is 9.56. The quantitative estimate of drug-likeness (QED) is 0.495. The molecule has 0 aliphatic carbocycles. The summed E-state index contributed by atoms with van der Waals surface area (Å²) < 4.78 is 8.16. The van der Waals surface area contributed by atoms with Crippen molar-refractivity contribution in [3.8, 4) is 0 Å². The lowest BCUT2D eigenvalue weighted by Crippen LogP contribution is -2.05. The van der Waals surface area contributed by atoms with Gasteiger partial charge in [0.05, 0.1) is 0 Å². The maximum absolute atomic E-state index is 9.87. The van der Waals surface area contributed by atoms with E-state index in [-0.39, 0.29) is 18.8 Å². The van der Waals surface area contributed by atoms with Crippen molar-refractivity contribution in [2.45, 2.75) is 6.42 Å². The molecule has 0 aromatic rings. The molecular weight excluding hydrogens is 168 g/mol. The zero-order valence-corrected chi connectivity index (χ0v) is 6.15. The minimum Gasteiger partial charge on any atom is -0.450 e. The van der Waals surface area contributed by atoms with Crippen LogP contribution < -0.4 is 0 Å². The van der Waals surface area contributed by atoms with Crippen molar-refractivity contribution in [2.75, 3.05) is 6.61 Å². The van der Waals surface area contributed by atoms with Gasteiger partial charge in [-0.3, -0.25) is 0 Å². The first-order chi connectivity index (χ1) is 5.52. The van der Waals surface area contributed by atoms with E-state index in [0.717, 1.165) is 0 Å². The van der Waals surface area contributed by atoms with E-state index >= 15 is 0 Å². The number of carboxylic acid groups (broad SMARTS) is 2. The zero-order valence-electron chi connectivity index (χ0n) is 6.15. The summed E-state index contributed by atoms with van der Waals surface area (Å²) >= 11 is 0. The first kappa shape index (κ1) is 10.3. The van der Waals surface area contributed by atoms with Crippen LogP contribution in [0, 0.1) is 0 Å². The molecule has 68 valence electrons. The summed E-state index contributed by atoms with van der Waals surface area (Å²) in [7, 11) is 0. The summed E-state index contributed by atoms with van der Waals surface area (Å²) in [5.41, 5.74) is 0. The Balaban J connectivity index is 3.44. The van der Waals surface area contributed by atoms with E-state index in [1.54, 1.807) is 0 Å². The summed E-state index contributed by atoms with van der Waals surface area (Å²) in [5, 5.41) is 16.1. The first-order valence-electron chi connectivity index (χ1n) is 2.96. The highest BCUT2D eigenvalue weighted by Gasteiger charge is 2.03. The van der Waals surface area contributed by atoms with Crippen molar-refractivity contribution in [1.29, 1.82) is 0 Å². The molecule has 0 amide bonds. The summed E-state index contributed by atoms with van der Waals surface area (Å²) in [6.45, 7) is 3.05. The summed E-state index contributed by atoms with van der Waals surface area (Å²) in [6, 6.07) is 0. The molecule has 12 heavy (non-hydrogen) atoms. The Morgan fingerprint density at radius 3 is 2.25 bits per heavy atom. The van der Waals surface area contributed by atoms with Crippen molar-refractivity contribution in [3.63, 3.8) is 0 Å². The molecule has 0 rings (SSSR count). The number of hydrogen-bond acceptors (Lipinski definition) is 4. The molecule has 0 fully saturated rings. The molecule has 0 saturated heterocycles. The van der Waals surface area contributed by atoms with E-state index in [1.807, 2.05) is 0 Å². The van der Waals surface area contributed by atoms with Crippen molar-refractivity contribution >= 4 is 12.3 Å². The van der Waals surface area contributed by atoms with Gasteiger partial charge in [-0.15, -0.1) is 0 Å². The lowest BCUT2D eigenvalue weighted by atomic mass is 10.4. The predicted octanol–water partition coefficient (Wildman–Crippen LogP) is 1.28. The largest absolute Gasteiger partial charge is 0.510 e. The average molecular weight is 176 g/mol. The van der Waals surface area contributed by atoms with Gasteiger partial charge in [-0.05, 0) is 0 Å². The van der Waals surface area contributed by atoms with Crippen LogP contribution in [0.15, 0.2) is 12.3 Å². The van der Waals surface area contributed by atoms with Gasteiger partial charge < -0.3 is 19.7 Å². The Labute approximate surface area is 68.0 Å². The van der Waals surface area contributed by atoms with Crippen molar-refractivity contribution in [1.82, 2.24) is 0 Å². The highest BCUT2D eigenvalue weighted by molar-refractivity contribution is 5.58. The highest BCUT2D eigenvalue weighted by atomic mass is 16.7. The third-order valence-electron chi connectivity index (χ3n) is 0.838. The van der Waals surface area contributed by atoms with Gasteiger partial charge in [-0.2, -0.15) is 0 Å². The number of carbonyl (C=O) groups is 2. The molecule has 0 saturated carbocycles. The molecule has 2 N–H and O–H groups in total. The maximum atomic E-state index is 9.87. The van der Waals surface area contributed by atoms with Gasteiger partial charge in [0, 0.05) is 6.42 Å². The molecule has 0 aromatic carbocycles. The van der Waals surface area contributed by atoms with Crippen LogP contribution in [0.4, 0.5) is 9.59 Å². The third kappa shape index (κ3) is 6.40. The molecule has 0 spiro atoms. The van der Waals surface area contributed by atoms with Crippen LogP contribution in [0.1, 0.15) is 6.42 Å². The second-order valence-electron chi connectivity index (χ2n) is 1.77. The van der Waals surface area contributed by atoms with Crippen LogP contribution >= 0.6 is 0 Å². The van der Waals surface area contributed by atoms with Gasteiger partial charge in [-0.25, -0.2) is 9.59 Å². The molecule has 0 atom stereocenters. The number of hydrogen-bond donors (Lipinski definition) is 2. The molecule has 6 heteroatoms. The topological polar surface area (TPSA) is 93.1 Å². The van der Waals surface area contributed by atoms with Crippen molar-refractivity contribution in [3.05, 3.63) is 12.3 Å². The molecule has 0 aromatic heterocycles. The molecule has 0 heterocycles. The Bertz CT molecular complexity index is 196. The molecule has 0 radical (unpaired) electrons. The number of ether oxygens (including phenoxy) is 2. The Morgan fingerprint density at radius 2 is 1.83 bits per heavy atom. The first-order valence-corrected chi connectivity index (χ1v) is 2.96. The molecule has 0 unspecified atom stereocenters. The smallest absolute Gasteiger partial charge is 0.450 e. The average Bonchev–Trinajstić information content (AvgIpc) is 1.84. The van der Waals surface area contributed by atoms with Gasteiger partial charge >= 0.3 is 12.3 Å². The Kier molecular flexibility index (Phi) is 4.28. The summed E-state index contributed by atoms with van der Waals surface area (Å²) in [6.07, 6.45) is -2.87. The molecular formula is C6H8O6. The van der Waals surface area contributed by atoms with Crippen molar-refractivity contribution < 1.29 is 29.3 Å². The lowest BCUT2D eigenvalue weighted by Gasteiger charge is -2.02. The fourth-order valence-electron chi connectivity index (χ4n) is 0.427. The van der Waals surface area contributed by atoms with E-state index in [1.165, 1.54) is 0 Å². The minimum absolute atomic E-state index is 0.0264. The SMILES string of the molecule is C=C(CCOC(=O)O)OC(=O)O. The van der Waals surface area contributed by atoms with Crippen molar-refractivity contribution in [2.24, 2.45) is 0 Å². The van der Waals surface area contributed by atoms with Crippen LogP contribution in [-0.4, -0.2) is 29.1 Å². The molecule has 0 aliphatic rings. The van der Waals surface area contributed by atoms with Crippen LogP contribution in [0.3, 0.4) is 0 Å². The fraction of sp³-hybridized carbons (Fsp3) is 0.333. The fourth-order valence-corrected chi connectivity index (χ4v) is 0.427. The monoisotopic (exact) mass is 176 g/mol. The van der Waals surface area contributed by atoms with Gasteiger partial charge in [0.15, 0.2) is 0 Å². The summed E-state index contributed by atoms with van der Waals surface area (Å²) in [4.78, 5) is 19.7. The Morgan fingerprint density at radius 1 is 1.25 bits per heavy atom. The van der Waals surface area contributed by atoms with E-state index in [9.17, 15) is 9.59 Å². The third-order valence-corrected chi connectivity index (χ3v) is 0.838. The lowest BCUT2D eigenvalue weighted by molar-refractivity contribution is 0.0851. The molecule has 6 nitrogen and oxygen atoms in total. The van der Waals surface area contributed by atoms with Gasteiger partial charge in [0.25, 0.3) is 0 Å². The molecule has 0 aliphatic heterocycles. The summed E-state index contributed by atoms with van der Waals surface area (Å²) in [5.74, 6) is -0.0521. The second kappa shape index (κ2) is 5.00. The predicted molar refractivity (Wildman–Crippen MR) is 36.8 cm³/mol. The van der Waals surface area contributed by atoms with E-state index in [0.29, 0.717) is 0 Å². The highest BCUT2D eigenvalue weighted by Crippen LogP contribution is 2.00. The van der Waals surface area contributed by atoms with E-state index in [2.05, 4.69) is 16.1 Å². The van der Waals surface area contributed by atoms with E-state index in [4.69, 9.17) is 10.2 Å². The minimum atomic E-state index is -1.48. The van der Waals surface area contributed by atoms with Crippen LogP contribution in [0.2, 0.25) is 0 Å². The van der Waals surface area contributed by atoms with Crippen LogP contribution in [0.25, 0.3) is 0 Å². The second-order valence-corrected chi connectivity index (χ2v) is 1.77. The van der Waals surface area contributed by atoms with Gasteiger partial charge in [0.1, 0.15) is 12.4 Å². The van der Waals surface area contributed by atoms with Gasteiger partial charge in [-0.1, -0.05) is 6.58 Å². The normalized spacial score (nSPS) is 8.67. The number of rotatable bonds is 4.